The predicted octanol–water partition coefficient (Wildman–Crippen LogP) is 7.25. The highest BCUT2D eigenvalue weighted by Crippen LogP contribution is 2.37. The van der Waals surface area contributed by atoms with E-state index in [-0.39, 0.29) is 18.0 Å². The molecule has 0 spiro atoms. The Balaban J connectivity index is 1.78. The molecule has 0 bridgehead atoms. The minimum atomic E-state index is -0.354. The topological polar surface area (TPSA) is 44.6 Å². The molecule has 0 aromatic heterocycles. The van der Waals surface area contributed by atoms with Crippen molar-refractivity contribution in [3.63, 3.8) is 0 Å². The molecule has 6 heteroatoms. The number of aryl methyl sites for hydroxylation is 1. The van der Waals surface area contributed by atoms with Gasteiger partial charge in [-0.15, -0.1) is 0 Å². The summed E-state index contributed by atoms with van der Waals surface area (Å²) >= 11 is 16.1. The number of nitrogens with one attached hydrogen (secondary N) is 1. The van der Waals surface area contributed by atoms with Gasteiger partial charge in [-0.2, -0.15) is 0 Å². The fraction of sp³-hybridized carbons (Fsp3) is 0.208. The van der Waals surface area contributed by atoms with Crippen LogP contribution in [0.2, 0.25) is 10.0 Å². The summed E-state index contributed by atoms with van der Waals surface area (Å²) in [5.41, 5.74) is 4.99. The highest BCUT2D eigenvalue weighted by molar-refractivity contribution is 9.10. The van der Waals surface area contributed by atoms with Gasteiger partial charge >= 0.3 is 0 Å². The third-order valence-electron chi connectivity index (χ3n) is 5.36. The molecule has 0 saturated carbocycles. The number of rotatable bonds is 4. The minimum Gasteiger partial charge on any atom is -0.508 e. The van der Waals surface area contributed by atoms with Crippen molar-refractivity contribution in [2.24, 2.45) is 4.99 Å². The van der Waals surface area contributed by atoms with Gasteiger partial charge in [-0.3, -0.25) is 10.3 Å². The monoisotopic (exact) mass is 502 g/mol. The van der Waals surface area contributed by atoms with Crippen LogP contribution in [0.4, 0.5) is 0 Å². The summed E-state index contributed by atoms with van der Waals surface area (Å²) in [6.45, 7) is 2.14. The SMILES string of the molecule is CCc1ccc(C2=N[C@@H](c3ccc(Cl)cc3Cl)N[C@@H](c3cc(Br)ccc3O)C2)cc1. The third-order valence-corrected chi connectivity index (χ3v) is 6.41. The van der Waals surface area contributed by atoms with Gasteiger partial charge in [0.15, 0.2) is 0 Å². The van der Waals surface area contributed by atoms with E-state index in [2.05, 4.69) is 52.4 Å². The predicted molar refractivity (Wildman–Crippen MR) is 128 cm³/mol. The Kier molecular flexibility index (Phi) is 6.49. The van der Waals surface area contributed by atoms with Gasteiger partial charge in [0.1, 0.15) is 11.9 Å². The largest absolute Gasteiger partial charge is 0.508 e. The fourth-order valence-corrected chi connectivity index (χ4v) is 4.59. The zero-order valence-electron chi connectivity index (χ0n) is 16.4. The Labute approximate surface area is 194 Å². The molecular weight excluding hydrogens is 483 g/mol. The van der Waals surface area contributed by atoms with Gasteiger partial charge in [0.2, 0.25) is 0 Å². The zero-order valence-corrected chi connectivity index (χ0v) is 19.5. The van der Waals surface area contributed by atoms with E-state index in [4.69, 9.17) is 28.2 Å². The Morgan fingerprint density at radius 3 is 2.50 bits per heavy atom. The quantitative estimate of drug-likeness (QED) is 0.393. The number of hydrogen-bond acceptors (Lipinski definition) is 3. The molecule has 0 amide bonds. The first-order valence-corrected chi connectivity index (χ1v) is 11.3. The van der Waals surface area contributed by atoms with Gasteiger partial charge < -0.3 is 5.11 Å². The van der Waals surface area contributed by atoms with E-state index in [1.54, 1.807) is 12.1 Å². The molecule has 1 aliphatic rings. The van der Waals surface area contributed by atoms with Crippen LogP contribution >= 0.6 is 39.1 Å². The number of benzene rings is 3. The van der Waals surface area contributed by atoms with Crippen LogP contribution < -0.4 is 5.32 Å². The molecule has 4 rings (SSSR count). The molecule has 1 aliphatic heterocycles. The Morgan fingerprint density at radius 2 is 1.80 bits per heavy atom. The molecule has 2 atom stereocenters. The first-order valence-electron chi connectivity index (χ1n) is 9.80. The minimum absolute atomic E-state index is 0.127. The summed E-state index contributed by atoms with van der Waals surface area (Å²) in [7, 11) is 0. The molecule has 30 heavy (non-hydrogen) atoms. The number of hydrogen-bond donors (Lipinski definition) is 2. The van der Waals surface area contributed by atoms with Gasteiger partial charge in [0.25, 0.3) is 0 Å². The van der Waals surface area contributed by atoms with E-state index in [1.165, 1.54) is 5.56 Å². The van der Waals surface area contributed by atoms with Gasteiger partial charge in [-0.05, 0) is 47.9 Å². The van der Waals surface area contributed by atoms with Gasteiger partial charge in [-0.1, -0.05) is 76.4 Å². The van der Waals surface area contributed by atoms with Crippen molar-refractivity contribution in [1.82, 2.24) is 5.32 Å². The molecule has 0 aliphatic carbocycles. The van der Waals surface area contributed by atoms with Gasteiger partial charge in [0, 0.05) is 43.8 Å². The number of aliphatic imine (C=N–C) groups is 1. The van der Waals surface area contributed by atoms with Crippen molar-refractivity contribution in [2.45, 2.75) is 32.0 Å². The maximum absolute atomic E-state index is 10.5. The van der Waals surface area contributed by atoms with Gasteiger partial charge in [0.05, 0.1) is 0 Å². The van der Waals surface area contributed by atoms with Crippen LogP contribution in [0.3, 0.4) is 0 Å². The van der Waals surface area contributed by atoms with Crippen LogP contribution in [0, 0.1) is 0 Å². The summed E-state index contributed by atoms with van der Waals surface area (Å²) < 4.78 is 0.912. The smallest absolute Gasteiger partial charge is 0.127 e. The third kappa shape index (κ3) is 4.57. The first kappa shape index (κ1) is 21.4. The summed E-state index contributed by atoms with van der Waals surface area (Å²) in [6, 6.07) is 19.3. The second-order valence-electron chi connectivity index (χ2n) is 7.32. The molecule has 0 fully saturated rings. The molecule has 0 radical (unpaired) electrons. The average molecular weight is 504 g/mol. The van der Waals surface area contributed by atoms with E-state index in [0.717, 1.165) is 33.3 Å². The standard InChI is InChI=1S/C24H21BrCl2N2O/c1-2-14-3-5-15(6-4-14)21-13-22(19-11-16(25)7-10-23(19)30)29-24(28-21)18-9-8-17(26)12-20(18)27/h3-12,22,24,29-30H,2,13H2,1H3/t22-,24-/m1/s1. The van der Waals surface area contributed by atoms with E-state index in [1.807, 2.05) is 24.3 Å². The summed E-state index contributed by atoms with van der Waals surface area (Å²) in [6.07, 6.45) is 1.29. The van der Waals surface area contributed by atoms with E-state index in [0.29, 0.717) is 16.5 Å². The lowest BCUT2D eigenvalue weighted by atomic mass is 9.93. The molecule has 3 aromatic rings. The number of aromatic hydroxyl groups is 1. The second kappa shape index (κ2) is 9.11. The van der Waals surface area contributed by atoms with E-state index >= 15 is 0 Å². The molecule has 1 heterocycles. The highest BCUT2D eigenvalue weighted by atomic mass is 79.9. The van der Waals surface area contributed by atoms with Crippen molar-refractivity contribution < 1.29 is 5.11 Å². The lowest BCUT2D eigenvalue weighted by molar-refractivity contribution is 0.412. The van der Waals surface area contributed by atoms with Crippen molar-refractivity contribution in [2.75, 3.05) is 0 Å². The molecule has 3 aromatic carbocycles. The molecule has 0 unspecified atom stereocenters. The number of phenols is 1. The Bertz CT molecular complexity index is 1100. The number of phenolic OH excluding ortho intramolecular Hbond substituents is 1. The lowest BCUT2D eigenvalue weighted by Crippen LogP contribution is -2.33. The highest BCUT2D eigenvalue weighted by Gasteiger charge is 2.28. The van der Waals surface area contributed by atoms with Crippen molar-refractivity contribution >= 4 is 44.8 Å². The van der Waals surface area contributed by atoms with Gasteiger partial charge in [-0.25, -0.2) is 0 Å². The van der Waals surface area contributed by atoms with Crippen LogP contribution in [0.15, 0.2) is 70.1 Å². The zero-order chi connectivity index (χ0) is 21.3. The van der Waals surface area contributed by atoms with Crippen molar-refractivity contribution in [3.8, 4) is 5.75 Å². The van der Waals surface area contributed by atoms with E-state index < -0.39 is 0 Å². The second-order valence-corrected chi connectivity index (χ2v) is 9.08. The number of halogens is 3. The lowest BCUT2D eigenvalue weighted by Gasteiger charge is -2.31. The summed E-state index contributed by atoms with van der Waals surface area (Å²) in [4.78, 5) is 4.98. The van der Waals surface area contributed by atoms with Crippen LogP contribution in [0.1, 0.15) is 47.8 Å². The van der Waals surface area contributed by atoms with Crippen LogP contribution in [-0.2, 0) is 6.42 Å². The van der Waals surface area contributed by atoms with Crippen molar-refractivity contribution in [1.29, 1.82) is 0 Å². The first-order chi connectivity index (χ1) is 14.4. The summed E-state index contributed by atoms with van der Waals surface area (Å²) in [5, 5.41) is 15.2. The number of nitrogens with zero attached hydrogens (tertiary/aromatic N) is 1. The molecule has 3 nitrogen and oxygen atoms in total. The van der Waals surface area contributed by atoms with Crippen LogP contribution in [0.5, 0.6) is 5.75 Å². The Morgan fingerprint density at radius 1 is 1.03 bits per heavy atom. The van der Waals surface area contributed by atoms with Crippen LogP contribution in [0.25, 0.3) is 0 Å². The molecule has 0 saturated heterocycles. The molecule has 2 N–H and O–H groups in total. The normalized spacial score (nSPS) is 18.9. The van der Waals surface area contributed by atoms with E-state index in [9.17, 15) is 5.11 Å². The maximum Gasteiger partial charge on any atom is 0.127 e. The van der Waals surface area contributed by atoms with Crippen molar-refractivity contribution in [3.05, 3.63) is 97.4 Å². The summed E-state index contributed by atoms with van der Waals surface area (Å²) in [5.74, 6) is 0.249. The fourth-order valence-electron chi connectivity index (χ4n) is 3.70. The Hall–Kier alpha value is -1.85. The van der Waals surface area contributed by atoms with Crippen LogP contribution in [-0.4, -0.2) is 10.8 Å². The maximum atomic E-state index is 10.5. The average Bonchev–Trinajstić information content (AvgIpc) is 2.75. The molecule has 154 valence electrons. The molecular formula is C24H21BrCl2N2O.